The van der Waals surface area contributed by atoms with Gasteiger partial charge in [-0.25, -0.2) is 0 Å². The van der Waals surface area contributed by atoms with E-state index in [0.29, 0.717) is 24.0 Å². The van der Waals surface area contributed by atoms with Crippen molar-refractivity contribution in [2.75, 3.05) is 19.6 Å². The molecule has 2 nitrogen and oxygen atoms in total. The Morgan fingerprint density at radius 2 is 2.06 bits per heavy atom. The van der Waals surface area contributed by atoms with Crippen LogP contribution in [-0.2, 0) is 4.79 Å². The molecule has 0 saturated carbocycles. The fourth-order valence-electron chi connectivity index (χ4n) is 1.98. The maximum Gasteiger partial charge on any atom is 0.131 e. The van der Waals surface area contributed by atoms with Crippen LogP contribution in [-0.4, -0.2) is 30.3 Å². The van der Waals surface area contributed by atoms with Gasteiger partial charge in [0, 0.05) is 24.8 Å². The molecule has 0 N–H and O–H groups in total. The molecule has 1 fully saturated rings. The Morgan fingerprint density at radius 1 is 1.41 bits per heavy atom. The SMILES string of the molecule is CCC(C)C#CC1CCN(CCC(C)=O)CC1. The number of ketones is 1. The summed E-state index contributed by atoms with van der Waals surface area (Å²) in [6.45, 7) is 9.18. The van der Waals surface area contributed by atoms with E-state index in [1.807, 2.05) is 0 Å². The van der Waals surface area contributed by atoms with Gasteiger partial charge in [-0.1, -0.05) is 25.7 Å². The molecule has 1 aliphatic rings. The number of carbonyl (C=O) groups excluding carboxylic acids is 1. The van der Waals surface area contributed by atoms with Gasteiger partial charge in [0.2, 0.25) is 0 Å². The number of hydrogen-bond acceptors (Lipinski definition) is 2. The molecule has 1 atom stereocenters. The average molecular weight is 235 g/mol. The van der Waals surface area contributed by atoms with Crippen LogP contribution in [0.15, 0.2) is 0 Å². The molecule has 1 rings (SSSR count). The van der Waals surface area contributed by atoms with Crippen LogP contribution in [0.2, 0.25) is 0 Å². The Hall–Kier alpha value is -0.810. The van der Waals surface area contributed by atoms with Crippen LogP contribution in [0.4, 0.5) is 0 Å². The standard InChI is InChI=1S/C15H25NO/c1-4-13(2)5-6-15-8-11-16(12-9-15)10-7-14(3)17/h13,15H,4,7-12H2,1-3H3. The molecule has 0 aromatic rings. The number of hydrogen-bond donors (Lipinski definition) is 0. The first-order valence-corrected chi connectivity index (χ1v) is 6.84. The molecule has 0 bridgehead atoms. The molecule has 0 aromatic carbocycles. The van der Waals surface area contributed by atoms with Crippen LogP contribution in [0.1, 0.15) is 46.5 Å². The van der Waals surface area contributed by atoms with Crippen molar-refractivity contribution in [2.24, 2.45) is 11.8 Å². The van der Waals surface area contributed by atoms with Gasteiger partial charge in [0.1, 0.15) is 5.78 Å². The van der Waals surface area contributed by atoms with Crippen molar-refractivity contribution in [3.05, 3.63) is 0 Å². The predicted molar refractivity (Wildman–Crippen MR) is 71.7 cm³/mol. The topological polar surface area (TPSA) is 20.3 Å². The molecular weight excluding hydrogens is 210 g/mol. The highest BCUT2D eigenvalue weighted by Gasteiger charge is 2.17. The van der Waals surface area contributed by atoms with Gasteiger partial charge in [-0.05, 0) is 39.3 Å². The summed E-state index contributed by atoms with van der Waals surface area (Å²) in [5.74, 6) is 8.17. The lowest BCUT2D eigenvalue weighted by atomic mass is 9.96. The number of carbonyl (C=O) groups is 1. The second-order valence-electron chi connectivity index (χ2n) is 5.17. The highest BCUT2D eigenvalue weighted by molar-refractivity contribution is 5.75. The Labute approximate surface area is 106 Å². The lowest BCUT2D eigenvalue weighted by Crippen LogP contribution is -2.34. The molecule has 96 valence electrons. The van der Waals surface area contributed by atoms with Crippen molar-refractivity contribution < 1.29 is 4.79 Å². The van der Waals surface area contributed by atoms with Gasteiger partial charge in [0.15, 0.2) is 0 Å². The molecule has 1 heterocycles. The van der Waals surface area contributed by atoms with E-state index in [-0.39, 0.29) is 0 Å². The van der Waals surface area contributed by atoms with Crippen molar-refractivity contribution in [2.45, 2.75) is 46.5 Å². The largest absolute Gasteiger partial charge is 0.303 e. The van der Waals surface area contributed by atoms with Crippen molar-refractivity contribution in [1.29, 1.82) is 0 Å². The van der Waals surface area contributed by atoms with Gasteiger partial charge < -0.3 is 4.90 Å². The number of nitrogens with zero attached hydrogens (tertiary/aromatic N) is 1. The third-order valence-corrected chi connectivity index (χ3v) is 3.51. The third-order valence-electron chi connectivity index (χ3n) is 3.51. The quantitative estimate of drug-likeness (QED) is 0.698. The summed E-state index contributed by atoms with van der Waals surface area (Å²) < 4.78 is 0. The molecule has 2 heteroatoms. The molecule has 0 aliphatic carbocycles. The maximum absolute atomic E-state index is 10.9. The summed E-state index contributed by atoms with van der Waals surface area (Å²) in [5.41, 5.74) is 0. The van der Waals surface area contributed by atoms with E-state index in [9.17, 15) is 4.79 Å². The number of Topliss-reactive ketones (excluding diaryl/α,β-unsaturated/α-hetero) is 1. The van der Waals surface area contributed by atoms with Crippen LogP contribution < -0.4 is 0 Å². The fourth-order valence-corrected chi connectivity index (χ4v) is 1.98. The minimum atomic E-state index is 0.295. The van der Waals surface area contributed by atoms with Crippen LogP contribution >= 0.6 is 0 Å². The second kappa shape index (κ2) is 7.50. The molecule has 1 saturated heterocycles. The molecule has 1 aliphatic heterocycles. The predicted octanol–water partition coefficient (Wildman–Crippen LogP) is 2.73. The van der Waals surface area contributed by atoms with Crippen LogP contribution in [0, 0.1) is 23.7 Å². The summed E-state index contributed by atoms with van der Waals surface area (Å²) in [4.78, 5) is 13.3. The summed E-state index contributed by atoms with van der Waals surface area (Å²) in [6, 6.07) is 0. The zero-order valence-corrected chi connectivity index (χ0v) is 11.5. The highest BCUT2D eigenvalue weighted by Crippen LogP contribution is 2.16. The molecular formula is C15H25NO. The molecule has 1 unspecified atom stereocenters. The number of piperidine rings is 1. The fraction of sp³-hybridized carbons (Fsp3) is 0.800. The van der Waals surface area contributed by atoms with Crippen molar-refractivity contribution in [1.82, 2.24) is 4.90 Å². The average Bonchev–Trinajstić information content (AvgIpc) is 2.34. The minimum Gasteiger partial charge on any atom is -0.303 e. The van der Waals surface area contributed by atoms with Gasteiger partial charge in [-0.15, -0.1) is 0 Å². The van der Waals surface area contributed by atoms with Crippen LogP contribution in [0.5, 0.6) is 0 Å². The van der Waals surface area contributed by atoms with Gasteiger partial charge in [0.25, 0.3) is 0 Å². The van der Waals surface area contributed by atoms with E-state index in [1.165, 1.54) is 12.8 Å². The lowest BCUT2D eigenvalue weighted by Gasteiger charge is -2.29. The minimum absolute atomic E-state index is 0.295. The Bertz CT molecular complexity index is 292. The van der Waals surface area contributed by atoms with Gasteiger partial charge >= 0.3 is 0 Å². The summed E-state index contributed by atoms with van der Waals surface area (Å²) in [5, 5.41) is 0. The molecule has 0 aromatic heterocycles. The van der Waals surface area contributed by atoms with E-state index in [0.717, 1.165) is 26.1 Å². The Kier molecular flexibility index (Phi) is 6.29. The zero-order valence-electron chi connectivity index (χ0n) is 11.5. The van der Waals surface area contributed by atoms with Gasteiger partial charge in [-0.3, -0.25) is 4.79 Å². The zero-order chi connectivity index (χ0) is 12.7. The van der Waals surface area contributed by atoms with E-state index in [1.54, 1.807) is 6.92 Å². The van der Waals surface area contributed by atoms with Crippen LogP contribution in [0.25, 0.3) is 0 Å². The maximum atomic E-state index is 10.9. The smallest absolute Gasteiger partial charge is 0.131 e. The van der Waals surface area contributed by atoms with Crippen molar-refractivity contribution in [3.63, 3.8) is 0 Å². The monoisotopic (exact) mass is 235 g/mol. The summed E-state index contributed by atoms with van der Waals surface area (Å²) in [6.07, 6.45) is 4.18. The van der Waals surface area contributed by atoms with E-state index >= 15 is 0 Å². The number of rotatable bonds is 4. The van der Waals surface area contributed by atoms with Gasteiger partial charge in [-0.2, -0.15) is 0 Å². The molecule has 0 amide bonds. The summed E-state index contributed by atoms with van der Waals surface area (Å²) >= 11 is 0. The normalized spacial score (nSPS) is 19.5. The Morgan fingerprint density at radius 3 is 2.59 bits per heavy atom. The van der Waals surface area contributed by atoms with E-state index in [4.69, 9.17) is 0 Å². The molecule has 17 heavy (non-hydrogen) atoms. The third kappa shape index (κ3) is 5.89. The van der Waals surface area contributed by atoms with Gasteiger partial charge in [0.05, 0.1) is 0 Å². The Balaban J connectivity index is 2.25. The van der Waals surface area contributed by atoms with Crippen molar-refractivity contribution in [3.8, 4) is 11.8 Å². The first-order chi connectivity index (χ1) is 8.11. The first-order valence-electron chi connectivity index (χ1n) is 6.84. The second-order valence-corrected chi connectivity index (χ2v) is 5.17. The summed E-state index contributed by atoms with van der Waals surface area (Å²) in [7, 11) is 0. The van der Waals surface area contributed by atoms with E-state index < -0.39 is 0 Å². The van der Waals surface area contributed by atoms with E-state index in [2.05, 4.69) is 30.6 Å². The molecule has 0 radical (unpaired) electrons. The first kappa shape index (κ1) is 14.3. The highest BCUT2D eigenvalue weighted by atomic mass is 16.1. The number of likely N-dealkylation sites (tertiary alicyclic amines) is 1. The molecule has 0 spiro atoms. The van der Waals surface area contributed by atoms with Crippen molar-refractivity contribution >= 4 is 5.78 Å². The van der Waals surface area contributed by atoms with Crippen LogP contribution in [0.3, 0.4) is 0 Å². The lowest BCUT2D eigenvalue weighted by molar-refractivity contribution is -0.117.